The van der Waals surface area contributed by atoms with Crippen molar-refractivity contribution in [1.82, 2.24) is 9.55 Å². The first-order valence-electron chi connectivity index (χ1n) is 18.0. The van der Waals surface area contributed by atoms with E-state index in [0.717, 1.165) is 38.9 Å². The summed E-state index contributed by atoms with van der Waals surface area (Å²) in [7, 11) is 0. The molecule has 0 fully saturated rings. The molecule has 270 valence electrons. The molecular formula is C46H49N3O2Pt. The minimum atomic E-state index is -0.635. The van der Waals surface area contributed by atoms with Crippen LogP contribution in [-0.2, 0) is 42.2 Å². The fourth-order valence-corrected chi connectivity index (χ4v) is 6.87. The van der Waals surface area contributed by atoms with Gasteiger partial charge in [-0.3, -0.25) is 4.99 Å². The first-order chi connectivity index (χ1) is 23.9. The van der Waals surface area contributed by atoms with Gasteiger partial charge in [0.2, 0.25) is 0 Å². The molecule has 0 unspecified atom stereocenters. The van der Waals surface area contributed by atoms with E-state index in [1.54, 1.807) is 0 Å². The Morgan fingerprint density at radius 3 is 2.12 bits per heavy atom. The third-order valence-corrected chi connectivity index (χ3v) is 10.5. The smallest absolute Gasteiger partial charge is 0.508 e. The van der Waals surface area contributed by atoms with E-state index in [2.05, 4.69) is 154 Å². The second-order valence-electron chi connectivity index (χ2n) is 17.0. The van der Waals surface area contributed by atoms with Crippen LogP contribution in [0.4, 0.5) is 0 Å². The summed E-state index contributed by atoms with van der Waals surface area (Å²) in [5, 5.41) is 2.27. The molecule has 7 rings (SSSR count). The standard InChI is InChI=1S/C46H49N3O2.Pt/c1-29(2)30-23-31(42-48-45(9,10)46(11,51-42)32-15-13-12-14-16-32)25-36(24-30)50-35-18-19-37-38-26-33(43(3,4)5)17-20-39(38)49(40(37)28-35)41-27-34(21-22-47-41)44(6,7)8;/h12-24,26-27,29H,1-11H3;/q-2;+2/t46-;/m0./s1. The van der Waals surface area contributed by atoms with Crippen molar-refractivity contribution in [3.63, 3.8) is 0 Å². The molecule has 52 heavy (non-hydrogen) atoms. The first-order valence-corrected chi connectivity index (χ1v) is 18.0. The summed E-state index contributed by atoms with van der Waals surface area (Å²) in [6.45, 7) is 24.2. The van der Waals surface area contributed by atoms with Crippen LogP contribution in [0.1, 0.15) is 110 Å². The van der Waals surface area contributed by atoms with E-state index in [0.29, 0.717) is 17.4 Å². The van der Waals surface area contributed by atoms with Gasteiger partial charge in [-0.05, 0) is 77.8 Å². The zero-order valence-electron chi connectivity index (χ0n) is 32.2. The van der Waals surface area contributed by atoms with Gasteiger partial charge in [-0.1, -0.05) is 121 Å². The maximum absolute atomic E-state index is 6.74. The number of hydrogen-bond donors (Lipinski definition) is 0. The van der Waals surface area contributed by atoms with E-state index < -0.39 is 11.1 Å². The Bertz CT molecular complexity index is 2300. The number of hydrogen-bond acceptors (Lipinski definition) is 4. The number of rotatable bonds is 6. The summed E-state index contributed by atoms with van der Waals surface area (Å²) in [6.07, 6.45) is 1.91. The predicted molar refractivity (Wildman–Crippen MR) is 210 cm³/mol. The Hall–Kier alpha value is -4.21. The monoisotopic (exact) mass is 870 g/mol. The van der Waals surface area contributed by atoms with Crippen molar-refractivity contribution >= 4 is 27.7 Å². The van der Waals surface area contributed by atoms with Crippen molar-refractivity contribution in [3.05, 3.63) is 131 Å². The van der Waals surface area contributed by atoms with Crippen LogP contribution >= 0.6 is 0 Å². The Morgan fingerprint density at radius 1 is 0.750 bits per heavy atom. The van der Waals surface area contributed by atoms with Gasteiger partial charge < -0.3 is 14.0 Å². The number of pyridine rings is 1. The SMILES string of the molecule is CC(C)c1cc(Oc2[c-]c3c(cc2)c2cc(C(C)(C)C)ccc2n3-c2cc(C(C)(C)C)ccn2)[c-]c(C2=NC(C)(C)[C@](C)(c3ccccc3)O2)c1.[Pt+2]. The summed E-state index contributed by atoms with van der Waals surface area (Å²) in [5.41, 5.74) is 6.33. The molecule has 1 atom stereocenters. The summed E-state index contributed by atoms with van der Waals surface area (Å²) < 4.78 is 15.6. The van der Waals surface area contributed by atoms with E-state index >= 15 is 0 Å². The van der Waals surface area contributed by atoms with Crippen LogP contribution in [0.25, 0.3) is 27.6 Å². The molecule has 0 N–H and O–H groups in total. The number of aliphatic imine (C=N–C) groups is 1. The molecule has 0 spiro atoms. The normalized spacial score (nSPS) is 17.3. The van der Waals surface area contributed by atoms with Crippen molar-refractivity contribution in [2.45, 2.75) is 104 Å². The van der Waals surface area contributed by atoms with Gasteiger partial charge in [-0.2, -0.15) is 6.07 Å². The fraction of sp³-hybridized carbons (Fsp3) is 0.348. The van der Waals surface area contributed by atoms with Crippen LogP contribution in [0, 0.1) is 12.1 Å². The van der Waals surface area contributed by atoms with Crippen LogP contribution in [0.2, 0.25) is 0 Å². The van der Waals surface area contributed by atoms with Crippen LogP contribution in [0.5, 0.6) is 11.5 Å². The van der Waals surface area contributed by atoms with Crippen molar-refractivity contribution in [1.29, 1.82) is 0 Å². The van der Waals surface area contributed by atoms with Crippen LogP contribution in [0.15, 0.2) is 96.1 Å². The molecule has 6 heteroatoms. The van der Waals surface area contributed by atoms with Gasteiger partial charge in [0.25, 0.3) is 0 Å². The number of nitrogens with zero attached hydrogens (tertiary/aromatic N) is 3. The zero-order valence-corrected chi connectivity index (χ0v) is 34.5. The summed E-state index contributed by atoms with van der Waals surface area (Å²) >= 11 is 0. The maximum atomic E-state index is 6.74. The molecule has 6 aromatic rings. The average molecular weight is 871 g/mol. The third kappa shape index (κ3) is 6.73. The minimum absolute atomic E-state index is 0. The zero-order chi connectivity index (χ0) is 36.5. The molecular weight excluding hydrogens is 822 g/mol. The van der Waals surface area contributed by atoms with Crippen molar-refractivity contribution in [3.8, 4) is 17.3 Å². The van der Waals surface area contributed by atoms with Crippen molar-refractivity contribution in [2.75, 3.05) is 0 Å². The second kappa shape index (κ2) is 13.3. The van der Waals surface area contributed by atoms with Gasteiger partial charge in [-0.15, -0.1) is 29.1 Å². The quantitative estimate of drug-likeness (QED) is 0.157. The number of fused-ring (bicyclic) bond motifs is 3. The molecule has 0 aliphatic carbocycles. The Morgan fingerprint density at radius 2 is 1.44 bits per heavy atom. The van der Waals surface area contributed by atoms with Crippen LogP contribution in [-0.4, -0.2) is 21.0 Å². The number of ether oxygens (including phenoxy) is 2. The molecule has 0 amide bonds. The predicted octanol–water partition coefficient (Wildman–Crippen LogP) is 11.8. The van der Waals surface area contributed by atoms with Crippen molar-refractivity contribution in [2.24, 2.45) is 4.99 Å². The van der Waals surface area contributed by atoms with E-state index in [1.807, 2.05) is 30.5 Å². The molecule has 0 saturated carbocycles. The largest absolute Gasteiger partial charge is 2.00 e. The molecule has 0 radical (unpaired) electrons. The number of aromatic nitrogens is 2. The molecule has 2 aromatic heterocycles. The Balaban J connectivity index is 0.00000464. The van der Waals surface area contributed by atoms with Gasteiger partial charge in [0.15, 0.2) is 0 Å². The second-order valence-corrected chi connectivity index (χ2v) is 17.0. The average Bonchev–Trinajstić information content (AvgIpc) is 3.53. The summed E-state index contributed by atoms with van der Waals surface area (Å²) in [6, 6.07) is 36.9. The molecule has 1 aliphatic rings. The third-order valence-electron chi connectivity index (χ3n) is 10.5. The van der Waals surface area contributed by atoms with E-state index in [4.69, 9.17) is 19.5 Å². The topological polar surface area (TPSA) is 48.6 Å². The summed E-state index contributed by atoms with van der Waals surface area (Å²) in [4.78, 5) is 10.00. The van der Waals surface area contributed by atoms with Gasteiger partial charge in [0, 0.05) is 23.2 Å². The maximum Gasteiger partial charge on any atom is 2.00 e. The fourth-order valence-electron chi connectivity index (χ4n) is 6.87. The van der Waals surface area contributed by atoms with Gasteiger partial charge in [0.1, 0.15) is 17.3 Å². The molecule has 0 bridgehead atoms. The Kier molecular flexibility index (Phi) is 9.62. The van der Waals surface area contributed by atoms with E-state index in [9.17, 15) is 0 Å². The summed E-state index contributed by atoms with van der Waals surface area (Å²) in [5.74, 6) is 2.87. The molecule has 5 nitrogen and oxygen atoms in total. The molecule has 0 saturated heterocycles. The van der Waals surface area contributed by atoms with E-state index in [-0.39, 0.29) is 37.8 Å². The molecule has 3 heterocycles. The number of benzene rings is 4. The van der Waals surface area contributed by atoms with Gasteiger partial charge in [-0.25, -0.2) is 4.98 Å². The first kappa shape index (κ1) is 37.5. The van der Waals surface area contributed by atoms with Gasteiger partial charge in [0.05, 0.1) is 5.54 Å². The van der Waals surface area contributed by atoms with Crippen LogP contribution in [0.3, 0.4) is 0 Å². The molecule has 1 aliphatic heterocycles. The van der Waals surface area contributed by atoms with E-state index in [1.165, 1.54) is 16.5 Å². The van der Waals surface area contributed by atoms with Crippen LogP contribution < -0.4 is 4.74 Å². The Labute approximate surface area is 323 Å². The molecule has 4 aromatic carbocycles. The van der Waals surface area contributed by atoms with Crippen molar-refractivity contribution < 1.29 is 30.5 Å². The minimum Gasteiger partial charge on any atom is -0.508 e. The van der Waals surface area contributed by atoms with Gasteiger partial charge >= 0.3 is 21.1 Å².